The van der Waals surface area contributed by atoms with Gasteiger partial charge in [0, 0.05) is 12.1 Å². The number of carbonyl (C=O) groups is 2. The van der Waals surface area contributed by atoms with E-state index in [1.807, 2.05) is 12.1 Å². The molecule has 0 radical (unpaired) electrons. The Balaban J connectivity index is 1.84. The highest BCUT2D eigenvalue weighted by Crippen LogP contribution is 2.19. The number of benzene rings is 2. The number of carbonyl (C=O) groups excluding carboxylic acids is 2. The molecule has 0 atom stereocenters. The van der Waals surface area contributed by atoms with Crippen molar-refractivity contribution in [1.29, 1.82) is 0 Å². The first-order valence-corrected chi connectivity index (χ1v) is 7.93. The first-order valence-electron chi connectivity index (χ1n) is 7.93. The number of phenolic OH excluding ortho intramolecular Hbond substituents is 1. The zero-order chi connectivity index (χ0) is 18.4. The third kappa shape index (κ3) is 5.24. The maximum atomic E-state index is 12.0. The molecule has 0 bridgehead atoms. The number of ether oxygens (including phenoxy) is 1. The average Bonchev–Trinajstić information content (AvgIpc) is 2.56. The van der Waals surface area contributed by atoms with Crippen LogP contribution >= 0.6 is 0 Å². The molecule has 132 valence electrons. The molecule has 2 aromatic carbocycles. The van der Waals surface area contributed by atoms with Crippen molar-refractivity contribution in [1.82, 2.24) is 5.32 Å². The molecule has 2 amide bonds. The van der Waals surface area contributed by atoms with Crippen molar-refractivity contribution in [2.75, 3.05) is 6.54 Å². The van der Waals surface area contributed by atoms with Gasteiger partial charge in [-0.25, -0.2) is 0 Å². The number of hydrogen-bond donors (Lipinski definition) is 3. The van der Waals surface area contributed by atoms with Crippen LogP contribution < -0.4 is 15.8 Å². The normalized spacial score (nSPS) is 11.0. The maximum Gasteiger partial charge on any atom is 0.261 e. The molecule has 0 unspecified atom stereocenters. The second kappa shape index (κ2) is 7.70. The highest BCUT2D eigenvalue weighted by molar-refractivity contribution is 5.94. The van der Waals surface area contributed by atoms with Crippen molar-refractivity contribution >= 4 is 11.8 Å². The van der Waals surface area contributed by atoms with Gasteiger partial charge < -0.3 is 20.9 Å². The van der Waals surface area contributed by atoms with Crippen molar-refractivity contribution in [2.45, 2.75) is 25.9 Å². The number of aromatic hydroxyl groups is 1. The van der Waals surface area contributed by atoms with Crippen LogP contribution in [0, 0.1) is 0 Å². The van der Waals surface area contributed by atoms with Crippen LogP contribution in [0.3, 0.4) is 0 Å². The minimum atomic E-state index is -1.07. The van der Waals surface area contributed by atoms with E-state index < -0.39 is 11.5 Å². The predicted octanol–water partition coefficient (Wildman–Crippen LogP) is 2.01. The number of phenols is 1. The number of rotatable bonds is 7. The predicted molar refractivity (Wildman–Crippen MR) is 94.5 cm³/mol. The highest BCUT2D eigenvalue weighted by atomic mass is 16.5. The van der Waals surface area contributed by atoms with E-state index in [-0.39, 0.29) is 11.7 Å². The lowest BCUT2D eigenvalue weighted by molar-refractivity contribution is -0.130. The third-order valence-corrected chi connectivity index (χ3v) is 3.72. The van der Waals surface area contributed by atoms with Gasteiger partial charge in [-0.05, 0) is 62.2 Å². The van der Waals surface area contributed by atoms with Crippen molar-refractivity contribution in [2.24, 2.45) is 5.73 Å². The second-order valence-corrected chi connectivity index (χ2v) is 6.17. The number of amides is 2. The van der Waals surface area contributed by atoms with E-state index in [0.29, 0.717) is 24.3 Å². The van der Waals surface area contributed by atoms with Crippen LogP contribution in [-0.2, 0) is 11.2 Å². The molecule has 6 nitrogen and oxygen atoms in total. The zero-order valence-electron chi connectivity index (χ0n) is 14.3. The van der Waals surface area contributed by atoms with E-state index in [1.54, 1.807) is 38.1 Å². The zero-order valence-corrected chi connectivity index (χ0v) is 14.3. The van der Waals surface area contributed by atoms with Crippen molar-refractivity contribution in [3.8, 4) is 11.5 Å². The number of primary amides is 1. The summed E-state index contributed by atoms with van der Waals surface area (Å²) in [6, 6.07) is 13.4. The van der Waals surface area contributed by atoms with Gasteiger partial charge in [0.15, 0.2) is 5.60 Å². The monoisotopic (exact) mass is 342 g/mol. The second-order valence-electron chi connectivity index (χ2n) is 6.17. The molecule has 4 N–H and O–H groups in total. The van der Waals surface area contributed by atoms with Gasteiger partial charge in [0.2, 0.25) is 0 Å². The number of hydrogen-bond acceptors (Lipinski definition) is 4. The molecule has 0 saturated carbocycles. The molecule has 0 aliphatic rings. The Morgan fingerprint density at radius 2 is 1.68 bits per heavy atom. The first kappa shape index (κ1) is 18.3. The summed E-state index contributed by atoms with van der Waals surface area (Å²) in [6.45, 7) is 3.71. The van der Waals surface area contributed by atoms with Gasteiger partial charge in [0.1, 0.15) is 11.5 Å². The summed E-state index contributed by atoms with van der Waals surface area (Å²) in [5.74, 6) is -0.0456. The molecular weight excluding hydrogens is 320 g/mol. The lowest BCUT2D eigenvalue weighted by Crippen LogP contribution is -2.43. The highest BCUT2D eigenvalue weighted by Gasteiger charge is 2.26. The van der Waals surface area contributed by atoms with E-state index in [4.69, 9.17) is 10.5 Å². The summed E-state index contributed by atoms with van der Waals surface area (Å²) in [4.78, 5) is 23.2. The molecular formula is C19H22N2O4. The van der Waals surface area contributed by atoms with Crippen molar-refractivity contribution in [3.05, 3.63) is 59.7 Å². The molecule has 0 heterocycles. The fraction of sp³-hybridized carbons (Fsp3) is 0.263. The molecule has 2 rings (SSSR count). The summed E-state index contributed by atoms with van der Waals surface area (Å²) in [5.41, 5.74) is 5.73. The number of nitrogens with two attached hydrogens (primary N) is 1. The van der Waals surface area contributed by atoms with Crippen LogP contribution in [-0.4, -0.2) is 29.1 Å². The van der Waals surface area contributed by atoms with Gasteiger partial charge >= 0.3 is 0 Å². The summed E-state index contributed by atoms with van der Waals surface area (Å²) in [6.07, 6.45) is 0.656. The Morgan fingerprint density at radius 3 is 2.24 bits per heavy atom. The molecule has 0 aliphatic carbocycles. The topological polar surface area (TPSA) is 102 Å². The van der Waals surface area contributed by atoms with Gasteiger partial charge in [-0.3, -0.25) is 9.59 Å². The van der Waals surface area contributed by atoms with E-state index in [0.717, 1.165) is 5.56 Å². The van der Waals surface area contributed by atoms with Crippen LogP contribution in [0.1, 0.15) is 29.8 Å². The Bertz CT molecular complexity index is 737. The van der Waals surface area contributed by atoms with Crippen molar-refractivity contribution in [3.63, 3.8) is 0 Å². The van der Waals surface area contributed by atoms with E-state index >= 15 is 0 Å². The van der Waals surface area contributed by atoms with Crippen molar-refractivity contribution < 1.29 is 19.4 Å². The molecule has 0 spiro atoms. The fourth-order valence-electron chi connectivity index (χ4n) is 2.10. The smallest absolute Gasteiger partial charge is 0.261 e. The first-order chi connectivity index (χ1) is 11.8. The SMILES string of the molecule is CC(C)(Oc1ccc(CCNC(=O)c2ccc(O)cc2)cc1)C(N)=O. The summed E-state index contributed by atoms with van der Waals surface area (Å²) in [5, 5.41) is 12.0. The van der Waals surface area contributed by atoms with Crippen LogP contribution in [0.5, 0.6) is 11.5 Å². The van der Waals surface area contributed by atoms with Gasteiger partial charge in [-0.2, -0.15) is 0 Å². The minimum absolute atomic E-state index is 0.123. The molecule has 0 saturated heterocycles. The molecule has 0 fully saturated rings. The standard InChI is InChI=1S/C19H22N2O4/c1-19(2,18(20)24)25-16-9-3-13(4-10-16)11-12-21-17(23)14-5-7-15(22)8-6-14/h3-10,22H,11-12H2,1-2H3,(H2,20,24)(H,21,23). The quantitative estimate of drug-likeness (QED) is 0.716. The van der Waals surface area contributed by atoms with Crippen LogP contribution in [0.15, 0.2) is 48.5 Å². The molecule has 0 aromatic heterocycles. The van der Waals surface area contributed by atoms with Crippen LogP contribution in [0.25, 0.3) is 0 Å². The Hall–Kier alpha value is -3.02. The summed E-state index contributed by atoms with van der Waals surface area (Å²) < 4.78 is 5.56. The van der Waals surface area contributed by atoms with Gasteiger partial charge in [0.25, 0.3) is 11.8 Å². The maximum absolute atomic E-state index is 12.0. The van der Waals surface area contributed by atoms with E-state index in [1.165, 1.54) is 12.1 Å². The minimum Gasteiger partial charge on any atom is -0.508 e. The molecule has 0 aliphatic heterocycles. The summed E-state index contributed by atoms with van der Waals surface area (Å²) >= 11 is 0. The lowest BCUT2D eigenvalue weighted by atomic mass is 10.1. The van der Waals surface area contributed by atoms with Crippen LogP contribution in [0.2, 0.25) is 0 Å². The average molecular weight is 342 g/mol. The molecule has 25 heavy (non-hydrogen) atoms. The molecule has 2 aromatic rings. The Kier molecular flexibility index (Phi) is 5.64. The Morgan fingerprint density at radius 1 is 1.08 bits per heavy atom. The van der Waals surface area contributed by atoms with Gasteiger partial charge in [0.05, 0.1) is 0 Å². The van der Waals surface area contributed by atoms with Crippen LogP contribution in [0.4, 0.5) is 0 Å². The van der Waals surface area contributed by atoms with E-state index in [2.05, 4.69) is 5.32 Å². The third-order valence-electron chi connectivity index (χ3n) is 3.72. The Labute approximate surface area is 146 Å². The van der Waals surface area contributed by atoms with Gasteiger partial charge in [-0.1, -0.05) is 12.1 Å². The largest absolute Gasteiger partial charge is 0.508 e. The fourth-order valence-corrected chi connectivity index (χ4v) is 2.10. The number of nitrogens with one attached hydrogen (secondary N) is 1. The van der Waals surface area contributed by atoms with Gasteiger partial charge in [-0.15, -0.1) is 0 Å². The summed E-state index contributed by atoms with van der Waals surface area (Å²) in [7, 11) is 0. The lowest BCUT2D eigenvalue weighted by Gasteiger charge is -2.22. The molecule has 6 heteroatoms. The van der Waals surface area contributed by atoms with E-state index in [9.17, 15) is 14.7 Å².